The smallest absolute Gasteiger partial charge is 0.227 e. The molecule has 1 saturated carbocycles. The van der Waals surface area contributed by atoms with Gasteiger partial charge in [-0.15, -0.1) is 6.58 Å². The molecule has 3 nitrogen and oxygen atoms in total. The van der Waals surface area contributed by atoms with E-state index in [1.165, 1.54) is 0 Å². The zero-order chi connectivity index (χ0) is 11.4. The van der Waals surface area contributed by atoms with E-state index in [0.29, 0.717) is 25.0 Å². The molecule has 0 radical (unpaired) electrons. The summed E-state index contributed by atoms with van der Waals surface area (Å²) in [5.41, 5.74) is 5.66. The van der Waals surface area contributed by atoms with Gasteiger partial charge >= 0.3 is 0 Å². The van der Waals surface area contributed by atoms with Gasteiger partial charge in [0.05, 0.1) is 5.92 Å². The topological polar surface area (TPSA) is 46.3 Å². The monoisotopic (exact) mass is 210 g/mol. The molecule has 1 rings (SSSR count). The Morgan fingerprint density at radius 2 is 2.20 bits per heavy atom. The number of hydrogen-bond acceptors (Lipinski definition) is 2. The average Bonchev–Trinajstić information content (AvgIpc) is 2.97. The van der Waals surface area contributed by atoms with Crippen molar-refractivity contribution in [2.75, 3.05) is 13.1 Å². The Morgan fingerprint density at radius 3 is 2.53 bits per heavy atom. The van der Waals surface area contributed by atoms with Crippen molar-refractivity contribution in [2.45, 2.75) is 32.7 Å². The van der Waals surface area contributed by atoms with Gasteiger partial charge in [-0.2, -0.15) is 0 Å². The summed E-state index contributed by atoms with van der Waals surface area (Å²) in [6.07, 6.45) is 4.06. The number of nitrogens with zero attached hydrogens (tertiary/aromatic N) is 1. The lowest BCUT2D eigenvalue weighted by atomic mass is 9.94. The van der Waals surface area contributed by atoms with Crippen LogP contribution in [-0.2, 0) is 4.79 Å². The lowest BCUT2D eigenvalue weighted by Crippen LogP contribution is -2.42. The van der Waals surface area contributed by atoms with E-state index in [0.717, 1.165) is 12.8 Å². The van der Waals surface area contributed by atoms with Gasteiger partial charge in [0.15, 0.2) is 0 Å². The van der Waals surface area contributed by atoms with E-state index >= 15 is 0 Å². The summed E-state index contributed by atoms with van der Waals surface area (Å²) in [5, 5.41) is 0. The predicted molar refractivity (Wildman–Crippen MR) is 62.3 cm³/mol. The Bertz CT molecular complexity index is 234. The Balaban J connectivity index is 2.64. The first kappa shape index (κ1) is 12.2. The van der Waals surface area contributed by atoms with Gasteiger partial charge in [-0.25, -0.2) is 0 Å². The van der Waals surface area contributed by atoms with E-state index < -0.39 is 0 Å². The molecule has 0 aromatic heterocycles. The van der Waals surface area contributed by atoms with Crippen molar-refractivity contribution in [1.29, 1.82) is 0 Å². The largest absolute Gasteiger partial charge is 0.336 e. The van der Waals surface area contributed by atoms with Crippen LogP contribution in [0.25, 0.3) is 0 Å². The summed E-state index contributed by atoms with van der Waals surface area (Å²) in [5.74, 6) is 0.481. The van der Waals surface area contributed by atoms with Gasteiger partial charge in [0.25, 0.3) is 0 Å². The summed E-state index contributed by atoms with van der Waals surface area (Å²) < 4.78 is 0. The van der Waals surface area contributed by atoms with Crippen molar-refractivity contribution in [3.8, 4) is 0 Å². The summed E-state index contributed by atoms with van der Waals surface area (Å²) in [4.78, 5) is 14.1. The van der Waals surface area contributed by atoms with Crippen LogP contribution in [-0.4, -0.2) is 29.9 Å². The quantitative estimate of drug-likeness (QED) is 0.673. The fourth-order valence-electron chi connectivity index (χ4n) is 1.82. The summed E-state index contributed by atoms with van der Waals surface area (Å²) >= 11 is 0. The van der Waals surface area contributed by atoms with Gasteiger partial charge in [-0.05, 0) is 18.8 Å². The molecule has 0 heterocycles. The highest BCUT2D eigenvalue weighted by atomic mass is 16.2. The summed E-state index contributed by atoms with van der Waals surface area (Å²) in [6, 6.07) is 0.447. The molecule has 1 aliphatic carbocycles. The maximum absolute atomic E-state index is 12.2. The van der Waals surface area contributed by atoms with Crippen molar-refractivity contribution in [3.05, 3.63) is 12.7 Å². The number of hydrogen-bond donors (Lipinski definition) is 1. The first-order valence-corrected chi connectivity index (χ1v) is 5.73. The molecule has 1 fully saturated rings. The highest BCUT2D eigenvalue weighted by Gasteiger charge is 2.35. The zero-order valence-electron chi connectivity index (χ0n) is 9.78. The molecule has 86 valence electrons. The zero-order valence-corrected chi connectivity index (χ0v) is 9.78. The number of carbonyl (C=O) groups is 1. The van der Waals surface area contributed by atoms with Crippen LogP contribution in [0.3, 0.4) is 0 Å². The van der Waals surface area contributed by atoms with Crippen molar-refractivity contribution < 1.29 is 4.79 Å². The number of carbonyl (C=O) groups excluding carboxylic acids is 1. The van der Waals surface area contributed by atoms with Crippen molar-refractivity contribution in [2.24, 2.45) is 17.6 Å². The Hall–Kier alpha value is -0.830. The second-order valence-electron chi connectivity index (χ2n) is 4.60. The summed E-state index contributed by atoms with van der Waals surface area (Å²) in [7, 11) is 0. The molecular formula is C12H22N2O. The second kappa shape index (κ2) is 5.31. The Labute approximate surface area is 92.3 Å². The fourth-order valence-corrected chi connectivity index (χ4v) is 1.82. The average molecular weight is 210 g/mol. The van der Waals surface area contributed by atoms with Crippen molar-refractivity contribution >= 4 is 5.91 Å². The van der Waals surface area contributed by atoms with Crippen molar-refractivity contribution in [3.63, 3.8) is 0 Å². The minimum absolute atomic E-state index is 0.0365. The van der Waals surface area contributed by atoms with E-state index in [9.17, 15) is 4.79 Å². The number of nitrogens with two attached hydrogens (primary N) is 1. The lowest BCUT2D eigenvalue weighted by Gasteiger charge is -2.27. The van der Waals surface area contributed by atoms with Gasteiger partial charge in [-0.1, -0.05) is 19.9 Å². The molecule has 0 bridgehead atoms. The molecule has 0 spiro atoms. The van der Waals surface area contributed by atoms with Gasteiger partial charge < -0.3 is 10.6 Å². The molecule has 0 aliphatic heterocycles. The minimum atomic E-state index is -0.0365. The second-order valence-corrected chi connectivity index (χ2v) is 4.60. The first-order chi connectivity index (χ1) is 7.11. The van der Waals surface area contributed by atoms with E-state index in [-0.39, 0.29) is 11.8 Å². The van der Waals surface area contributed by atoms with E-state index in [4.69, 9.17) is 5.73 Å². The SMILES string of the molecule is C=CCN(C(=O)C(CN)C(C)C)C1CC1. The third-order valence-corrected chi connectivity index (χ3v) is 2.97. The molecule has 2 N–H and O–H groups in total. The van der Waals surface area contributed by atoms with Crippen LogP contribution in [0.1, 0.15) is 26.7 Å². The van der Waals surface area contributed by atoms with Crippen LogP contribution in [0.4, 0.5) is 0 Å². The molecule has 15 heavy (non-hydrogen) atoms. The molecule has 1 amide bonds. The Morgan fingerprint density at radius 1 is 1.60 bits per heavy atom. The first-order valence-electron chi connectivity index (χ1n) is 5.73. The fraction of sp³-hybridized carbons (Fsp3) is 0.750. The van der Waals surface area contributed by atoms with Crippen molar-refractivity contribution in [1.82, 2.24) is 4.90 Å². The van der Waals surface area contributed by atoms with Gasteiger partial charge in [0.2, 0.25) is 5.91 Å². The molecule has 1 unspecified atom stereocenters. The summed E-state index contributed by atoms with van der Waals surface area (Å²) in [6.45, 7) is 8.90. The maximum Gasteiger partial charge on any atom is 0.227 e. The molecule has 3 heteroatoms. The molecule has 0 aromatic carbocycles. The van der Waals surface area contributed by atoms with Crippen LogP contribution >= 0.6 is 0 Å². The third-order valence-electron chi connectivity index (χ3n) is 2.97. The van der Waals surface area contributed by atoms with Crippen LogP contribution in [0.15, 0.2) is 12.7 Å². The van der Waals surface area contributed by atoms with Crippen LogP contribution < -0.4 is 5.73 Å². The van der Waals surface area contributed by atoms with Gasteiger partial charge in [0, 0.05) is 19.1 Å². The maximum atomic E-state index is 12.2. The number of amides is 1. The van der Waals surface area contributed by atoms with Crippen LogP contribution in [0.2, 0.25) is 0 Å². The van der Waals surface area contributed by atoms with Gasteiger partial charge in [-0.3, -0.25) is 4.79 Å². The molecule has 0 saturated heterocycles. The van der Waals surface area contributed by atoms with Gasteiger partial charge in [0.1, 0.15) is 0 Å². The third kappa shape index (κ3) is 3.06. The highest BCUT2D eigenvalue weighted by Crippen LogP contribution is 2.29. The Kier molecular flexibility index (Phi) is 4.33. The molecule has 0 aromatic rings. The van der Waals surface area contributed by atoms with E-state index in [2.05, 4.69) is 20.4 Å². The standard InChI is InChI=1S/C12H22N2O/c1-4-7-14(10-5-6-10)12(15)11(8-13)9(2)3/h4,9-11H,1,5-8,13H2,2-3H3. The molecular weight excluding hydrogens is 188 g/mol. The lowest BCUT2D eigenvalue weighted by molar-refractivity contribution is -0.136. The molecule has 1 aliphatic rings. The van der Waals surface area contributed by atoms with Crippen LogP contribution in [0, 0.1) is 11.8 Å². The number of rotatable bonds is 6. The van der Waals surface area contributed by atoms with Crippen LogP contribution in [0.5, 0.6) is 0 Å². The molecule has 1 atom stereocenters. The van der Waals surface area contributed by atoms with E-state index in [1.54, 1.807) is 6.08 Å². The minimum Gasteiger partial charge on any atom is -0.336 e. The highest BCUT2D eigenvalue weighted by molar-refractivity contribution is 5.80. The van der Waals surface area contributed by atoms with E-state index in [1.807, 2.05) is 4.90 Å². The normalized spacial score (nSPS) is 17.6. The predicted octanol–water partition coefficient (Wildman–Crippen LogP) is 1.39.